The molecule has 15 heavy (non-hydrogen) atoms. The Labute approximate surface area is 94.1 Å². The van der Waals surface area contributed by atoms with Crippen LogP contribution in [-0.4, -0.2) is 12.3 Å². The molecule has 1 N–H and O–H groups in total. The van der Waals surface area contributed by atoms with Crippen LogP contribution in [0.5, 0.6) is 0 Å². The van der Waals surface area contributed by atoms with E-state index in [1.54, 1.807) is 6.08 Å². The van der Waals surface area contributed by atoms with E-state index < -0.39 is 0 Å². The second kappa shape index (κ2) is 6.65. The molecule has 0 saturated carbocycles. The first-order valence-electron chi connectivity index (χ1n) is 5.83. The molecule has 0 fully saturated rings. The van der Waals surface area contributed by atoms with E-state index in [9.17, 15) is 4.79 Å². The monoisotopic (exact) mass is 211 g/mol. The molecule has 0 saturated heterocycles. The maximum absolute atomic E-state index is 11.6. The second-order valence-electron chi connectivity index (χ2n) is 5.09. The summed E-state index contributed by atoms with van der Waals surface area (Å²) >= 11 is 0. The largest absolute Gasteiger partial charge is 0.388 e. The van der Waals surface area contributed by atoms with E-state index in [1.165, 1.54) is 0 Å². The van der Waals surface area contributed by atoms with Gasteiger partial charge in [0, 0.05) is 24.2 Å². The van der Waals surface area contributed by atoms with Crippen molar-refractivity contribution in [2.45, 2.75) is 41.5 Å². The van der Waals surface area contributed by atoms with Crippen LogP contribution in [0.3, 0.4) is 0 Å². The summed E-state index contributed by atoms with van der Waals surface area (Å²) in [5.74, 6) is 1.27. The molecule has 0 atom stereocenters. The predicted octanol–water partition coefficient (Wildman–Crippen LogP) is 3.00. The molecule has 2 heteroatoms. The fraction of sp³-hybridized carbons (Fsp3) is 0.769. The minimum absolute atomic E-state index is 0.0830. The summed E-state index contributed by atoms with van der Waals surface area (Å²) in [5.41, 5.74) is 1.06. The molecule has 0 aliphatic rings. The summed E-state index contributed by atoms with van der Waals surface area (Å²) < 4.78 is 0. The Morgan fingerprint density at radius 1 is 1.07 bits per heavy atom. The van der Waals surface area contributed by atoms with E-state index >= 15 is 0 Å². The summed E-state index contributed by atoms with van der Waals surface area (Å²) in [6, 6.07) is 0. The van der Waals surface area contributed by atoms with Gasteiger partial charge in [-0.15, -0.1) is 0 Å². The predicted molar refractivity (Wildman–Crippen MR) is 65.6 cm³/mol. The van der Waals surface area contributed by atoms with Crippen molar-refractivity contribution in [2.75, 3.05) is 6.54 Å². The average Bonchev–Trinajstić information content (AvgIpc) is 2.10. The van der Waals surface area contributed by atoms with Crippen LogP contribution >= 0.6 is 0 Å². The molecule has 0 aliphatic heterocycles. The molecule has 0 bridgehead atoms. The summed E-state index contributed by atoms with van der Waals surface area (Å²) in [6.07, 6.45) is 1.76. The van der Waals surface area contributed by atoms with Gasteiger partial charge in [0.25, 0.3) is 0 Å². The zero-order valence-electron chi connectivity index (χ0n) is 10.9. The third-order valence-electron chi connectivity index (χ3n) is 2.20. The molecule has 0 aliphatic carbocycles. The van der Waals surface area contributed by atoms with E-state index in [0.29, 0.717) is 11.8 Å². The molecular weight excluding hydrogens is 186 g/mol. The number of hydrogen-bond donors (Lipinski definition) is 1. The smallest absolute Gasteiger partial charge is 0.159 e. The lowest BCUT2D eigenvalue weighted by atomic mass is 10.0. The Balaban J connectivity index is 4.45. The molecule has 0 aromatic rings. The van der Waals surface area contributed by atoms with Crippen LogP contribution in [0.4, 0.5) is 0 Å². The standard InChI is InChI=1S/C13H25NO/c1-9(2)8-14-12(10(3)4)7-13(15)11(5)6/h7,9-11,14H,8H2,1-6H3/b12-7-. The first-order chi connectivity index (χ1) is 6.84. The van der Waals surface area contributed by atoms with E-state index in [1.807, 2.05) is 13.8 Å². The maximum Gasteiger partial charge on any atom is 0.159 e. The highest BCUT2D eigenvalue weighted by Gasteiger charge is 2.09. The van der Waals surface area contributed by atoms with Crippen molar-refractivity contribution in [3.8, 4) is 0 Å². The molecule has 88 valence electrons. The SMILES string of the molecule is CC(C)CN/C(=C\C(=O)C(C)C)C(C)C. The molecule has 0 rings (SSSR count). The van der Waals surface area contributed by atoms with Crippen molar-refractivity contribution in [3.63, 3.8) is 0 Å². The van der Waals surface area contributed by atoms with Crippen LogP contribution in [0.2, 0.25) is 0 Å². The lowest BCUT2D eigenvalue weighted by Crippen LogP contribution is -2.23. The number of rotatable bonds is 6. The van der Waals surface area contributed by atoms with E-state index in [0.717, 1.165) is 12.2 Å². The number of carbonyl (C=O) groups is 1. The third-order valence-corrected chi connectivity index (χ3v) is 2.20. The van der Waals surface area contributed by atoms with Gasteiger partial charge in [-0.1, -0.05) is 41.5 Å². The highest BCUT2D eigenvalue weighted by atomic mass is 16.1. The van der Waals surface area contributed by atoms with Crippen molar-refractivity contribution in [2.24, 2.45) is 17.8 Å². The van der Waals surface area contributed by atoms with Crippen molar-refractivity contribution in [1.29, 1.82) is 0 Å². The Kier molecular flexibility index (Phi) is 6.30. The van der Waals surface area contributed by atoms with Gasteiger partial charge in [-0.25, -0.2) is 0 Å². The summed E-state index contributed by atoms with van der Waals surface area (Å²) in [4.78, 5) is 11.6. The van der Waals surface area contributed by atoms with Gasteiger partial charge in [0.1, 0.15) is 0 Å². The summed E-state index contributed by atoms with van der Waals surface area (Å²) in [5, 5.41) is 3.34. The van der Waals surface area contributed by atoms with Crippen LogP contribution in [0.25, 0.3) is 0 Å². The Hall–Kier alpha value is -0.790. The molecule has 0 amide bonds. The molecule has 0 aromatic carbocycles. The molecule has 0 spiro atoms. The van der Waals surface area contributed by atoms with Gasteiger partial charge >= 0.3 is 0 Å². The Morgan fingerprint density at radius 3 is 1.93 bits per heavy atom. The Bertz CT molecular complexity index is 227. The minimum atomic E-state index is 0.0830. The summed E-state index contributed by atoms with van der Waals surface area (Å²) in [7, 11) is 0. The van der Waals surface area contributed by atoms with Crippen LogP contribution in [0.15, 0.2) is 11.8 Å². The first kappa shape index (κ1) is 14.2. The van der Waals surface area contributed by atoms with Crippen LogP contribution in [0.1, 0.15) is 41.5 Å². The fourth-order valence-corrected chi connectivity index (χ4v) is 1.06. The molecule has 0 heterocycles. The van der Waals surface area contributed by atoms with Crippen LogP contribution in [-0.2, 0) is 4.79 Å². The van der Waals surface area contributed by atoms with Crippen molar-refractivity contribution in [3.05, 3.63) is 11.8 Å². The molecule has 0 aromatic heterocycles. The zero-order valence-corrected chi connectivity index (χ0v) is 10.9. The average molecular weight is 211 g/mol. The van der Waals surface area contributed by atoms with Gasteiger partial charge in [-0.2, -0.15) is 0 Å². The van der Waals surface area contributed by atoms with Gasteiger partial charge in [-0.3, -0.25) is 4.79 Å². The number of carbonyl (C=O) groups excluding carboxylic acids is 1. The minimum Gasteiger partial charge on any atom is -0.388 e. The Morgan fingerprint density at radius 2 is 1.60 bits per heavy atom. The van der Waals surface area contributed by atoms with Crippen LogP contribution < -0.4 is 5.32 Å². The molecule has 0 unspecified atom stereocenters. The number of nitrogens with one attached hydrogen (secondary N) is 1. The maximum atomic E-state index is 11.6. The highest BCUT2D eigenvalue weighted by Crippen LogP contribution is 2.09. The molecule has 0 radical (unpaired) electrons. The summed E-state index contributed by atoms with van der Waals surface area (Å²) in [6.45, 7) is 13.3. The van der Waals surface area contributed by atoms with Crippen molar-refractivity contribution >= 4 is 5.78 Å². The van der Waals surface area contributed by atoms with Crippen LogP contribution in [0, 0.1) is 17.8 Å². The zero-order chi connectivity index (χ0) is 12.0. The van der Waals surface area contributed by atoms with E-state index in [-0.39, 0.29) is 11.7 Å². The topological polar surface area (TPSA) is 29.1 Å². The number of allylic oxidation sites excluding steroid dienone is 2. The number of hydrogen-bond acceptors (Lipinski definition) is 2. The fourth-order valence-electron chi connectivity index (χ4n) is 1.06. The van der Waals surface area contributed by atoms with Gasteiger partial charge in [-0.05, 0) is 11.8 Å². The van der Waals surface area contributed by atoms with Gasteiger partial charge in [0.2, 0.25) is 0 Å². The lowest BCUT2D eigenvalue weighted by Gasteiger charge is -2.16. The second-order valence-corrected chi connectivity index (χ2v) is 5.09. The van der Waals surface area contributed by atoms with E-state index in [4.69, 9.17) is 0 Å². The van der Waals surface area contributed by atoms with Gasteiger partial charge in [0.15, 0.2) is 5.78 Å². The number of ketones is 1. The van der Waals surface area contributed by atoms with E-state index in [2.05, 4.69) is 33.0 Å². The van der Waals surface area contributed by atoms with Gasteiger partial charge in [0.05, 0.1) is 0 Å². The van der Waals surface area contributed by atoms with Gasteiger partial charge < -0.3 is 5.32 Å². The normalized spacial score (nSPS) is 12.7. The molecular formula is C13H25NO. The van der Waals surface area contributed by atoms with Crippen molar-refractivity contribution in [1.82, 2.24) is 5.32 Å². The molecule has 2 nitrogen and oxygen atoms in total. The third kappa shape index (κ3) is 6.32. The lowest BCUT2D eigenvalue weighted by molar-refractivity contribution is -0.117. The highest BCUT2D eigenvalue weighted by molar-refractivity contribution is 5.91. The van der Waals surface area contributed by atoms with Crippen molar-refractivity contribution < 1.29 is 4.79 Å². The quantitative estimate of drug-likeness (QED) is 0.684. The first-order valence-corrected chi connectivity index (χ1v) is 5.83.